The van der Waals surface area contributed by atoms with Gasteiger partial charge in [-0.05, 0) is 12.1 Å². The van der Waals surface area contributed by atoms with Crippen molar-refractivity contribution >= 4 is 29.9 Å². The maximum Gasteiger partial charge on any atom is 0.243 e. The molecule has 4 N–H and O–H groups in total. The molecule has 0 saturated carbocycles. The van der Waals surface area contributed by atoms with E-state index in [1.54, 1.807) is 0 Å². The van der Waals surface area contributed by atoms with Gasteiger partial charge in [-0.3, -0.25) is 9.59 Å². The summed E-state index contributed by atoms with van der Waals surface area (Å²) in [6, 6.07) is 4.01. The zero-order chi connectivity index (χ0) is 13.5. The van der Waals surface area contributed by atoms with Crippen LogP contribution >= 0.6 is 12.4 Å². The SMILES string of the molecule is COc1ccc(NC(=O)CNC(=O)CN)cc1F.Cl. The minimum atomic E-state index is -0.582. The number of rotatable bonds is 5. The molecular formula is C11H15ClFN3O3. The van der Waals surface area contributed by atoms with Crippen LogP contribution in [0.4, 0.5) is 10.1 Å². The normalized spacial score (nSPS) is 9.21. The first kappa shape index (κ1) is 17.1. The number of anilines is 1. The molecule has 0 aliphatic carbocycles. The third kappa shape index (κ3) is 5.54. The van der Waals surface area contributed by atoms with Crippen LogP contribution in [0, 0.1) is 5.82 Å². The average molecular weight is 292 g/mol. The fourth-order valence-electron chi connectivity index (χ4n) is 1.20. The van der Waals surface area contributed by atoms with Crippen LogP contribution in [-0.2, 0) is 9.59 Å². The molecule has 0 unspecified atom stereocenters. The van der Waals surface area contributed by atoms with E-state index < -0.39 is 17.6 Å². The van der Waals surface area contributed by atoms with Crippen molar-refractivity contribution in [3.8, 4) is 5.75 Å². The van der Waals surface area contributed by atoms with Gasteiger partial charge in [0.25, 0.3) is 0 Å². The maximum absolute atomic E-state index is 13.3. The van der Waals surface area contributed by atoms with E-state index in [4.69, 9.17) is 10.5 Å². The number of ether oxygens (including phenoxy) is 1. The molecule has 1 rings (SSSR count). The van der Waals surface area contributed by atoms with E-state index in [1.807, 2.05) is 0 Å². The summed E-state index contributed by atoms with van der Waals surface area (Å²) in [5, 5.41) is 4.72. The summed E-state index contributed by atoms with van der Waals surface area (Å²) in [5.74, 6) is -1.40. The second-order valence-corrected chi connectivity index (χ2v) is 3.38. The average Bonchev–Trinajstić information content (AvgIpc) is 2.36. The molecule has 0 heterocycles. The number of methoxy groups -OCH3 is 1. The van der Waals surface area contributed by atoms with Crippen LogP contribution < -0.4 is 21.1 Å². The highest BCUT2D eigenvalue weighted by molar-refractivity contribution is 5.94. The van der Waals surface area contributed by atoms with Gasteiger partial charge in [0.2, 0.25) is 11.8 Å². The minimum absolute atomic E-state index is 0. The molecule has 0 bridgehead atoms. The molecule has 0 atom stereocenters. The number of benzene rings is 1. The van der Waals surface area contributed by atoms with Crippen LogP contribution in [-0.4, -0.2) is 32.0 Å². The molecule has 6 nitrogen and oxygen atoms in total. The Morgan fingerprint density at radius 2 is 2.05 bits per heavy atom. The monoisotopic (exact) mass is 291 g/mol. The first-order valence-corrected chi connectivity index (χ1v) is 5.17. The number of amides is 2. The Hall–Kier alpha value is -1.86. The molecule has 0 aliphatic rings. The first-order chi connectivity index (χ1) is 8.56. The van der Waals surface area contributed by atoms with E-state index in [0.717, 1.165) is 6.07 Å². The lowest BCUT2D eigenvalue weighted by molar-refractivity contribution is -0.123. The molecule has 1 aromatic rings. The quantitative estimate of drug-likeness (QED) is 0.726. The fraction of sp³-hybridized carbons (Fsp3) is 0.273. The van der Waals surface area contributed by atoms with Gasteiger partial charge in [-0.25, -0.2) is 4.39 Å². The summed E-state index contributed by atoms with van der Waals surface area (Å²) < 4.78 is 18.0. The third-order valence-corrected chi connectivity index (χ3v) is 2.07. The number of carbonyl (C=O) groups is 2. The van der Waals surface area contributed by atoms with Crippen molar-refractivity contribution in [2.45, 2.75) is 0 Å². The molecule has 0 aromatic heterocycles. The van der Waals surface area contributed by atoms with Crippen molar-refractivity contribution in [1.82, 2.24) is 5.32 Å². The van der Waals surface area contributed by atoms with Gasteiger partial charge in [0.1, 0.15) is 0 Å². The second-order valence-electron chi connectivity index (χ2n) is 3.38. The van der Waals surface area contributed by atoms with Crippen LogP contribution in [0.25, 0.3) is 0 Å². The van der Waals surface area contributed by atoms with E-state index in [0.29, 0.717) is 0 Å². The van der Waals surface area contributed by atoms with E-state index in [9.17, 15) is 14.0 Å². The topological polar surface area (TPSA) is 93.5 Å². The lowest BCUT2D eigenvalue weighted by atomic mass is 10.3. The van der Waals surface area contributed by atoms with Crippen LogP contribution in [0.3, 0.4) is 0 Å². The molecule has 0 saturated heterocycles. The Kier molecular flexibility index (Phi) is 7.47. The Balaban J connectivity index is 0.00000324. The van der Waals surface area contributed by atoms with Gasteiger partial charge in [0, 0.05) is 11.8 Å². The highest BCUT2D eigenvalue weighted by Crippen LogP contribution is 2.20. The molecular weight excluding hydrogens is 277 g/mol. The van der Waals surface area contributed by atoms with Gasteiger partial charge in [-0.1, -0.05) is 0 Å². The summed E-state index contributed by atoms with van der Waals surface area (Å²) in [7, 11) is 1.35. The van der Waals surface area contributed by atoms with Crippen molar-refractivity contribution in [3.63, 3.8) is 0 Å². The Morgan fingerprint density at radius 3 is 2.58 bits per heavy atom. The summed E-state index contributed by atoms with van der Waals surface area (Å²) >= 11 is 0. The number of hydrogen-bond donors (Lipinski definition) is 3. The van der Waals surface area contributed by atoms with Crippen LogP contribution in [0.15, 0.2) is 18.2 Å². The van der Waals surface area contributed by atoms with Crippen molar-refractivity contribution in [3.05, 3.63) is 24.0 Å². The van der Waals surface area contributed by atoms with Gasteiger partial charge in [0.05, 0.1) is 20.2 Å². The van der Waals surface area contributed by atoms with Gasteiger partial charge >= 0.3 is 0 Å². The highest BCUT2D eigenvalue weighted by Gasteiger charge is 2.07. The fourth-order valence-corrected chi connectivity index (χ4v) is 1.20. The van der Waals surface area contributed by atoms with Crippen LogP contribution in [0.2, 0.25) is 0 Å². The van der Waals surface area contributed by atoms with E-state index in [1.165, 1.54) is 19.2 Å². The standard InChI is InChI=1S/C11H14FN3O3.ClH/c1-18-9-3-2-7(4-8(9)12)15-11(17)6-14-10(16)5-13;/h2-4H,5-6,13H2,1H3,(H,14,16)(H,15,17);1H. The van der Waals surface area contributed by atoms with Gasteiger partial charge in [0.15, 0.2) is 11.6 Å². The zero-order valence-electron chi connectivity index (χ0n) is 10.2. The third-order valence-electron chi connectivity index (χ3n) is 2.07. The Morgan fingerprint density at radius 1 is 1.37 bits per heavy atom. The summed E-state index contributed by atoms with van der Waals surface area (Å²) in [4.78, 5) is 22.2. The molecule has 1 aromatic carbocycles. The first-order valence-electron chi connectivity index (χ1n) is 5.17. The van der Waals surface area contributed by atoms with Crippen molar-refractivity contribution < 1.29 is 18.7 Å². The number of halogens is 2. The molecule has 8 heteroatoms. The van der Waals surface area contributed by atoms with Crippen molar-refractivity contribution in [2.75, 3.05) is 25.5 Å². The summed E-state index contributed by atoms with van der Waals surface area (Å²) in [6.07, 6.45) is 0. The van der Waals surface area contributed by atoms with E-state index >= 15 is 0 Å². The predicted molar refractivity (Wildman–Crippen MR) is 70.9 cm³/mol. The molecule has 0 aliphatic heterocycles. The smallest absolute Gasteiger partial charge is 0.243 e. The molecule has 0 radical (unpaired) electrons. The highest BCUT2D eigenvalue weighted by atomic mass is 35.5. The largest absolute Gasteiger partial charge is 0.494 e. The van der Waals surface area contributed by atoms with Crippen molar-refractivity contribution in [2.24, 2.45) is 5.73 Å². The van der Waals surface area contributed by atoms with Crippen molar-refractivity contribution in [1.29, 1.82) is 0 Å². The van der Waals surface area contributed by atoms with Crippen LogP contribution in [0.5, 0.6) is 5.75 Å². The van der Waals surface area contributed by atoms with Gasteiger partial charge in [-0.15, -0.1) is 12.4 Å². The lowest BCUT2D eigenvalue weighted by Crippen LogP contribution is -2.36. The number of nitrogens with one attached hydrogen (secondary N) is 2. The number of hydrogen-bond acceptors (Lipinski definition) is 4. The maximum atomic E-state index is 13.3. The number of nitrogens with two attached hydrogens (primary N) is 1. The van der Waals surface area contributed by atoms with E-state index in [2.05, 4.69) is 10.6 Å². The molecule has 106 valence electrons. The molecule has 0 spiro atoms. The summed E-state index contributed by atoms with van der Waals surface area (Å²) in [5.41, 5.74) is 5.33. The van der Waals surface area contributed by atoms with Gasteiger partial charge < -0.3 is 21.1 Å². The number of carbonyl (C=O) groups excluding carboxylic acids is 2. The zero-order valence-corrected chi connectivity index (χ0v) is 11.1. The predicted octanol–water partition coefficient (Wildman–Crippen LogP) is 0.269. The lowest BCUT2D eigenvalue weighted by Gasteiger charge is -2.07. The molecule has 2 amide bonds. The summed E-state index contributed by atoms with van der Waals surface area (Å²) in [6.45, 7) is -0.409. The van der Waals surface area contributed by atoms with E-state index in [-0.39, 0.29) is 36.9 Å². The van der Waals surface area contributed by atoms with Gasteiger partial charge in [-0.2, -0.15) is 0 Å². The Bertz CT molecular complexity index is 457. The van der Waals surface area contributed by atoms with Crippen LogP contribution in [0.1, 0.15) is 0 Å². The minimum Gasteiger partial charge on any atom is -0.494 e. The second kappa shape index (κ2) is 8.28. The molecule has 0 fully saturated rings. The molecule has 19 heavy (non-hydrogen) atoms. The Labute approximate surface area is 115 Å².